The molecule has 1 unspecified atom stereocenters. The van der Waals surface area contributed by atoms with E-state index in [4.69, 9.17) is 22.1 Å². The largest absolute Gasteiger partial charge is 0.495 e. The normalized spacial score (nSPS) is 12.7. The molecule has 1 aromatic carbocycles. The molecule has 0 aliphatic carbocycles. The topological polar surface area (TPSA) is 35.2 Å². The Labute approximate surface area is 84.8 Å². The molecule has 1 atom stereocenters. The van der Waals surface area contributed by atoms with Crippen LogP contribution in [0.4, 0.5) is 0 Å². The number of halogens is 2. The Hall–Kier alpha value is -0.250. The van der Waals surface area contributed by atoms with E-state index in [9.17, 15) is 0 Å². The van der Waals surface area contributed by atoms with E-state index in [0.717, 1.165) is 5.56 Å². The second-order valence-corrected chi connectivity index (χ2v) is 3.69. The van der Waals surface area contributed by atoms with Crippen LogP contribution < -0.4 is 10.5 Å². The third-order valence-electron chi connectivity index (χ3n) is 1.49. The molecule has 0 saturated carbocycles. The third kappa shape index (κ3) is 2.12. The lowest BCUT2D eigenvalue weighted by Gasteiger charge is -2.07. The van der Waals surface area contributed by atoms with E-state index in [1.807, 2.05) is 6.07 Å². The number of hydrogen-bond acceptors (Lipinski definition) is 2. The first kappa shape index (κ1) is 9.84. The molecular formula is C8H9BrClNO. The standard InChI is InChI=1S/C8H9BrClNO/c1-12-7-3-2-5(8(9)11)4-6(7)10/h2-4,8H,11H2,1H3. The molecule has 4 heteroatoms. The highest BCUT2D eigenvalue weighted by molar-refractivity contribution is 9.09. The van der Waals surface area contributed by atoms with Crippen LogP contribution in [0, 0.1) is 0 Å². The van der Waals surface area contributed by atoms with E-state index in [2.05, 4.69) is 15.9 Å². The van der Waals surface area contributed by atoms with E-state index in [0.29, 0.717) is 10.8 Å². The van der Waals surface area contributed by atoms with Gasteiger partial charge in [-0.3, -0.25) is 0 Å². The Balaban J connectivity index is 3.02. The maximum atomic E-state index is 5.87. The number of benzene rings is 1. The second-order valence-electron chi connectivity index (χ2n) is 2.30. The van der Waals surface area contributed by atoms with E-state index in [1.165, 1.54) is 0 Å². The van der Waals surface area contributed by atoms with Crippen molar-refractivity contribution in [2.45, 2.75) is 4.95 Å². The molecule has 0 amide bonds. The van der Waals surface area contributed by atoms with Gasteiger partial charge in [0, 0.05) is 0 Å². The van der Waals surface area contributed by atoms with Gasteiger partial charge in [0.15, 0.2) is 0 Å². The molecule has 0 aromatic heterocycles. The van der Waals surface area contributed by atoms with Crippen LogP contribution in [0.25, 0.3) is 0 Å². The summed E-state index contributed by atoms with van der Waals surface area (Å²) in [7, 11) is 1.58. The first-order valence-corrected chi connectivity index (χ1v) is 4.67. The molecular weight excluding hydrogens is 241 g/mol. The molecule has 66 valence electrons. The molecule has 0 radical (unpaired) electrons. The van der Waals surface area contributed by atoms with Crippen molar-refractivity contribution in [1.29, 1.82) is 0 Å². The summed E-state index contributed by atoms with van der Waals surface area (Å²) >= 11 is 9.11. The second kappa shape index (κ2) is 4.12. The SMILES string of the molecule is COc1ccc(C(N)Br)cc1Cl. The summed E-state index contributed by atoms with van der Waals surface area (Å²) in [5.74, 6) is 0.661. The van der Waals surface area contributed by atoms with Gasteiger partial charge in [-0.1, -0.05) is 33.6 Å². The highest BCUT2D eigenvalue weighted by Crippen LogP contribution is 2.28. The van der Waals surface area contributed by atoms with Gasteiger partial charge < -0.3 is 10.5 Å². The minimum absolute atomic E-state index is 0.180. The molecule has 0 aliphatic rings. The van der Waals surface area contributed by atoms with Crippen molar-refractivity contribution in [3.05, 3.63) is 28.8 Å². The van der Waals surface area contributed by atoms with Gasteiger partial charge in [-0.2, -0.15) is 0 Å². The van der Waals surface area contributed by atoms with Crippen molar-refractivity contribution in [3.8, 4) is 5.75 Å². The number of alkyl halides is 1. The molecule has 1 aromatic rings. The van der Waals surface area contributed by atoms with Crippen molar-refractivity contribution in [2.24, 2.45) is 5.73 Å². The van der Waals surface area contributed by atoms with Gasteiger partial charge >= 0.3 is 0 Å². The Morgan fingerprint density at radius 2 is 2.25 bits per heavy atom. The van der Waals surface area contributed by atoms with Gasteiger partial charge in [-0.25, -0.2) is 0 Å². The fourth-order valence-electron chi connectivity index (χ4n) is 0.854. The van der Waals surface area contributed by atoms with Gasteiger partial charge in [0.1, 0.15) is 5.75 Å². The predicted molar refractivity (Wildman–Crippen MR) is 53.9 cm³/mol. The average Bonchev–Trinajstić information content (AvgIpc) is 2.04. The maximum Gasteiger partial charge on any atom is 0.137 e. The summed E-state index contributed by atoms with van der Waals surface area (Å²) in [6.45, 7) is 0. The van der Waals surface area contributed by atoms with E-state index < -0.39 is 0 Å². The molecule has 0 heterocycles. The van der Waals surface area contributed by atoms with Gasteiger partial charge in [-0.15, -0.1) is 0 Å². The van der Waals surface area contributed by atoms with E-state index >= 15 is 0 Å². The number of methoxy groups -OCH3 is 1. The summed E-state index contributed by atoms with van der Waals surface area (Å²) < 4.78 is 4.99. The highest BCUT2D eigenvalue weighted by atomic mass is 79.9. The maximum absolute atomic E-state index is 5.87. The Bertz CT molecular complexity index is 278. The van der Waals surface area contributed by atoms with Crippen LogP contribution in [0.3, 0.4) is 0 Å². The number of hydrogen-bond donors (Lipinski definition) is 1. The zero-order valence-electron chi connectivity index (χ0n) is 6.55. The minimum Gasteiger partial charge on any atom is -0.495 e. The lowest BCUT2D eigenvalue weighted by atomic mass is 10.2. The summed E-state index contributed by atoms with van der Waals surface area (Å²) in [4.78, 5) is -0.180. The van der Waals surface area contributed by atoms with Crippen LogP contribution in [0.15, 0.2) is 18.2 Å². The molecule has 0 fully saturated rings. The molecule has 0 spiro atoms. The van der Waals surface area contributed by atoms with Crippen molar-refractivity contribution < 1.29 is 4.74 Å². The lowest BCUT2D eigenvalue weighted by Crippen LogP contribution is -2.01. The van der Waals surface area contributed by atoms with Crippen LogP contribution >= 0.6 is 27.5 Å². The van der Waals surface area contributed by atoms with Crippen molar-refractivity contribution in [3.63, 3.8) is 0 Å². The Morgan fingerprint density at radius 3 is 2.67 bits per heavy atom. The fraction of sp³-hybridized carbons (Fsp3) is 0.250. The zero-order chi connectivity index (χ0) is 9.14. The van der Waals surface area contributed by atoms with E-state index in [-0.39, 0.29) is 4.95 Å². The fourth-order valence-corrected chi connectivity index (χ4v) is 1.41. The first-order valence-electron chi connectivity index (χ1n) is 3.38. The lowest BCUT2D eigenvalue weighted by molar-refractivity contribution is 0.415. The van der Waals surface area contributed by atoms with Crippen molar-refractivity contribution in [2.75, 3.05) is 7.11 Å². The van der Waals surface area contributed by atoms with Gasteiger partial charge in [0.05, 0.1) is 17.1 Å². The summed E-state index contributed by atoms with van der Waals surface area (Å²) in [5, 5.41) is 0.574. The highest BCUT2D eigenvalue weighted by Gasteiger charge is 2.04. The molecule has 0 bridgehead atoms. The van der Waals surface area contributed by atoms with E-state index in [1.54, 1.807) is 19.2 Å². The van der Waals surface area contributed by atoms with Crippen LogP contribution in [-0.4, -0.2) is 7.11 Å². The minimum atomic E-state index is -0.180. The molecule has 12 heavy (non-hydrogen) atoms. The number of nitrogens with two attached hydrogens (primary N) is 1. The molecule has 2 N–H and O–H groups in total. The average molecular weight is 251 g/mol. The van der Waals surface area contributed by atoms with Crippen molar-refractivity contribution in [1.82, 2.24) is 0 Å². The van der Waals surface area contributed by atoms with Crippen LogP contribution in [-0.2, 0) is 0 Å². The van der Waals surface area contributed by atoms with Crippen LogP contribution in [0.2, 0.25) is 5.02 Å². The monoisotopic (exact) mass is 249 g/mol. The Morgan fingerprint density at radius 1 is 1.58 bits per heavy atom. The summed E-state index contributed by atoms with van der Waals surface area (Å²) in [6, 6.07) is 5.43. The summed E-state index contributed by atoms with van der Waals surface area (Å²) in [6.07, 6.45) is 0. The van der Waals surface area contributed by atoms with Crippen LogP contribution in [0.1, 0.15) is 10.5 Å². The van der Waals surface area contributed by atoms with Crippen molar-refractivity contribution >= 4 is 27.5 Å². The molecule has 0 saturated heterocycles. The predicted octanol–water partition coefficient (Wildman–Crippen LogP) is 2.70. The van der Waals surface area contributed by atoms with Gasteiger partial charge in [-0.05, 0) is 17.7 Å². The number of rotatable bonds is 2. The third-order valence-corrected chi connectivity index (χ3v) is 2.32. The smallest absolute Gasteiger partial charge is 0.137 e. The Kier molecular flexibility index (Phi) is 3.38. The number of ether oxygens (including phenoxy) is 1. The molecule has 1 rings (SSSR count). The molecule has 2 nitrogen and oxygen atoms in total. The first-order chi connectivity index (χ1) is 5.65. The summed E-state index contributed by atoms with van der Waals surface area (Å²) in [5.41, 5.74) is 6.52. The van der Waals surface area contributed by atoms with Crippen LogP contribution in [0.5, 0.6) is 5.75 Å². The van der Waals surface area contributed by atoms with Gasteiger partial charge in [0.25, 0.3) is 0 Å². The quantitative estimate of drug-likeness (QED) is 0.647. The van der Waals surface area contributed by atoms with Gasteiger partial charge in [0.2, 0.25) is 0 Å². The zero-order valence-corrected chi connectivity index (χ0v) is 8.89. The molecule has 0 aliphatic heterocycles.